The molecule has 1 amide bonds. The second-order valence-corrected chi connectivity index (χ2v) is 4.65. The Hall–Kier alpha value is -1.58. The van der Waals surface area contributed by atoms with Crippen molar-refractivity contribution in [2.45, 2.75) is 33.2 Å². The molecule has 4 heteroatoms. The van der Waals surface area contributed by atoms with Crippen LogP contribution in [0.2, 0.25) is 0 Å². The highest BCUT2D eigenvalue weighted by atomic mass is 19.1. The molecule has 0 heterocycles. The molecule has 0 bridgehead atoms. The molecule has 0 fully saturated rings. The largest absolute Gasteiger partial charge is 0.493 e. The number of amides is 1. The number of hydrogen-bond donors (Lipinski definition) is 1. The van der Waals surface area contributed by atoms with Gasteiger partial charge in [0.05, 0.1) is 13.0 Å². The van der Waals surface area contributed by atoms with Crippen molar-refractivity contribution in [1.82, 2.24) is 5.32 Å². The van der Waals surface area contributed by atoms with E-state index in [1.54, 1.807) is 12.1 Å². The monoisotopic (exact) mass is 253 g/mol. The summed E-state index contributed by atoms with van der Waals surface area (Å²) in [6.07, 6.45) is 0.300. The van der Waals surface area contributed by atoms with E-state index in [2.05, 4.69) is 19.2 Å². The SMILES string of the molecule is CC(C)C(C)NC(=O)CCOc1ccc(F)cc1. The number of ether oxygens (including phenoxy) is 1. The lowest BCUT2D eigenvalue weighted by Crippen LogP contribution is -2.36. The number of benzene rings is 1. The molecule has 18 heavy (non-hydrogen) atoms. The summed E-state index contributed by atoms with van der Waals surface area (Å²) in [5.41, 5.74) is 0. The standard InChI is InChI=1S/C14H20FNO2/c1-10(2)11(3)16-14(17)8-9-18-13-6-4-12(15)5-7-13/h4-7,10-11H,8-9H2,1-3H3,(H,16,17). The third kappa shape index (κ3) is 5.17. The summed E-state index contributed by atoms with van der Waals surface area (Å²) in [5.74, 6) is 0.650. The molecule has 1 atom stereocenters. The second-order valence-electron chi connectivity index (χ2n) is 4.65. The Morgan fingerprint density at radius 2 is 1.89 bits per heavy atom. The molecule has 1 rings (SSSR count). The lowest BCUT2D eigenvalue weighted by atomic mass is 10.1. The minimum absolute atomic E-state index is 0.0293. The van der Waals surface area contributed by atoms with Gasteiger partial charge in [-0.15, -0.1) is 0 Å². The first-order valence-electron chi connectivity index (χ1n) is 6.16. The molecule has 1 unspecified atom stereocenters. The first kappa shape index (κ1) is 14.5. The van der Waals surface area contributed by atoms with Crippen LogP contribution in [0.4, 0.5) is 4.39 Å². The normalized spacial score (nSPS) is 12.3. The first-order valence-corrected chi connectivity index (χ1v) is 6.16. The summed E-state index contributed by atoms with van der Waals surface area (Å²) in [4.78, 5) is 11.6. The molecule has 0 spiro atoms. The van der Waals surface area contributed by atoms with Gasteiger partial charge in [-0.05, 0) is 37.1 Å². The van der Waals surface area contributed by atoms with E-state index >= 15 is 0 Å². The zero-order valence-electron chi connectivity index (χ0n) is 11.1. The van der Waals surface area contributed by atoms with Gasteiger partial charge in [0, 0.05) is 6.04 Å². The van der Waals surface area contributed by atoms with Gasteiger partial charge in [-0.3, -0.25) is 4.79 Å². The minimum atomic E-state index is -0.300. The minimum Gasteiger partial charge on any atom is -0.493 e. The van der Waals surface area contributed by atoms with Crippen LogP contribution in [0.5, 0.6) is 5.75 Å². The van der Waals surface area contributed by atoms with E-state index < -0.39 is 0 Å². The molecule has 0 aliphatic rings. The van der Waals surface area contributed by atoms with E-state index in [0.717, 1.165) is 0 Å². The molecule has 1 aromatic rings. The van der Waals surface area contributed by atoms with Crippen LogP contribution in [0.3, 0.4) is 0 Å². The summed E-state index contributed by atoms with van der Waals surface area (Å²) in [5, 5.41) is 2.90. The Labute approximate surface area is 107 Å². The third-order valence-corrected chi connectivity index (χ3v) is 2.80. The molecule has 1 aromatic carbocycles. The van der Waals surface area contributed by atoms with E-state index in [0.29, 0.717) is 24.7 Å². The highest BCUT2D eigenvalue weighted by Crippen LogP contribution is 2.11. The summed E-state index contributed by atoms with van der Waals surface area (Å²) >= 11 is 0. The van der Waals surface area contributed by atoms with Crippen LogP contribution < -0.4 is 10.1 Å². The fraction of sp³-hybridized carbons (Fsp3) is 0.500. The third-order valence-electron chi connectivity index (χ3n) is 2.80. The van der Waals surface area contributed by atoms with Crippen molar-refractivity contribution < 1.29 is 13.9 Å². The molecule has 100 valence electrons. The molecule has 0 radical (unpaired) electrons. The van der Waals surface area contributed by atoms with Crippen molar-refractivity contribution >= 4 is 5.91 Å². The summed E-state index contributed by atoms with van der Waals surface area (Å²) < 4.78 is 18.0. The van der Waals surface area contributed by atoms with Crippen molar-refractivity contribution in [2.24, 2.45) is 5.92 Å². The van der Waals surface area contributed by atoms with Gasteiger partial charge >= 0.3 is 0 Å². The molecule has 0 saturated carbocycles. The van der Waals surface area contributed by atoms with Crippen LogP contribution in [0, 0.1) is 11.7 Å². The van der Waals surface area contributed by atoms with Gasteiger partial charge < -0.3 is 10.1 Å². The smallest absolute Gasteiger partial charge is 0.223 e. The van der Waals surface area contributed by atoms with Crippen LogP contribution in [-0.4, -0.2) is 18.6 Å². The first-order chi connectivity index (χ1) is 8.49. The van der Waals surface area contributed by atoms with Crippen LogP contribution in [0.1, 0.15) is 27.2 Å². The van der Waals surface area contributed by atoms with Gasteiger partial charge in [-0.2, -0.15) is 0 Å². The molecule has 0 aliphatic heterocycles. The average molecular weight is 253 g/mol. The zero-order valence-corrected chi connectivity index (χ0v) is 11.1. The van der Waals surface area contributed by atoms with Crippen molar-refractivity contribution in [3.05, 3.63) is 30.1 Å². The molecule has 0 aliphatic carbocycles. The fourth-order valence-electron chi connectivity index (χ4n) is 1.29. The maximum atomic E-state index is 12.6. The predicted octanol–water partition coefficient (Wildman–Crippen LogP) is 2.76. The molecule has 0 aromatic heterocycles. The van der Waals surface area contributed by atoms with Gasteiger partial charge in [0.15, 0.2) is 0 Å². The molecule has 0 saturated heterocycles. The van der Waals surface area contributed by atoms with Crippen LogP contribution in [0.25, 0.3) is 0 Å². The zero-order chi connectivity index (χ0) is 13.5. The number of nitrogens with one attached hydrogen (secondary N) is 1. The predicted molar refractivity (Wildman–Crippen MR) is 69.0 cm³/mol. The maximum Gasteiger partial charge on any atom is 0.223 e. The van der Waals surface area contributed by atoms with Gasteiger partial charge in [0.2, 0.25) is 5.91 Å². The van der Waals surface area contributed by atoms with Gasteiger partial charge in [-0.1, -0.05) is 13.8 Å². The molecule has 3 nitrogen and oxygen atoms in total. The summed E-state index contributed by atoms with van der Waals surface area (Å²) in [6.45, 7) is 6.38. The van der Waals surface area contributed by atoms with E-state index in [9.17, 15) is 9.18 Å². The number of carbonyl (C=O) groups is 1. The number of halogens is 1. The van der Waals surface area contributed by atoms with Crippen molar-refractivity contribution in [1.29, 1.82) is 0 Å². The number of rotatable bonds is 6. The lowest BCUT2D eigenvalue weighted by molar-refractivity contribution is -0.122. The van der Waals surface area contributed by atoms with Crippen LogP contribution in [-0.2, 0) is 4.79 Å². The highest BCUT2D eigenvalue weighted by molar-refractivity contribution is 5.76. The Bertz CT molecular complexity index is 376. The van der Waals surface area contributed by atoms with Crippen molar-refractivity contribution in [3.8, 4) is 5.75 Å². The number of carbonyl (C=O) groups excluding carboxylic acids is 1. The maximum absolute atomic E-state index is 12.6. The van der Waals surface area contributed by atoms with Gasteiger partial charge in [0.25, 0.3) is 0 Å². The van der Waals surface area contributed by atoms with Crippen molar-refractivity contribution in [3.63, 3.8) is 0 Å². The Morgan fingerprint density at radius 1 is 1.28 bits per heavy atom. The lowest BCUT2D eigenvalue weighted by Gasteiger charge is -2.17. The Balaban J connectivity index is 2.25. The van der Waals surface area contributed by atoms with Gasteiger partial charge in [-0.25, -0.2) is 4.39 Å². The molecule has 1 N–H and O–H groups in total. The Morgan fingerprint density at radius 3 is 2.44 bits per heavy atom. The van der Waals surface area contributed by atoms with E-state index in [4.69, 9.17) is 4.74 Å². The quantitative estimate of drug-likeness (QED) is 0.846. The van der Waals surface area contributed by atoms with E-state index in [-0.39, 0.29) is 17.8 Å². The van der Waals surface area contributed by atoms with Crippen LogP contribution in [0.15, 0.2) is 24.3 Å². The number of hydrogen-bond acceptors (Lipinski definition) is 2. The van der Waals surface area contributed by atoms with Crippen LogP contribution >= 0.6 is 0 Å². The fourth-order valence-corrected chi connectivity index (χ4v) is 1.29. The molecular formula is C14H20FNO2. The van der Waals surface area contributed by atoms with E-state index in [1.807, 2.05) is 6.92 Å². The average Bonchev–Trinajstić information content (AvgIpc) is 2.31. The second kappa shape index (κ2) is 6.99. The van der Waals surface area contributed by atoms with E-state index in [1.165, 1.54) is 12.1 Å². The summed E-state index contributed by atoms with van der Waals surface area (Å²) in [6, 6.07) is 5.91. The Kier molecular flexibility index (Phi) is 5.62. The topological polar surface area (TPSA) is 38.3 Å². The van der Waals surface area contributed by atoms with Gasteiger partial charge in [0.1, 0.15) is 11.6 Å². The summed E-state index contributed by atoms with van der Waals surface area (Å²) in [7, 11) is 0. The van der Waals surface area contributed by atoms with Crippen molar-refractivity contribution in [2.75, 3.05) is 6.61 Å². The highest BCUT2D eigenvalue weighted by Gasteiger charge is 2.10. The molecular weight excluding hydrogens is 233 g/mol.